The quantitative estimate of drug-likeness (QED) is 0.601. The van der Waals surface area contributed by atoms with Crippen molar-refractivity contribution >= 4 is 37.1 Å². The van der Waals surface area contributed by atoms with Gasteiger partial charge in [0.15, 0.2) is 9.84 Å². The molecular weight excluding hydrogens is 431 g/mol. The van der Waals surface area contributed by atoms with Gasteiger partial charge in [-0.2, -0.15) is 0 Å². The van der Waals surface area contributed by atoms with Crippen molar-refractivity contribution in [2.75, 3.05) is 16.3 Å². The van der Waals surface area contributed by atoms with Gasteiger partial charge in [0.05, 0.1) is 15.5 Å². The van der Waals surface area contributed by atoms with Gasteiger partial charge in [0.1, 0.15) is 5.82 Å². The van der Waals surface area contributed by atoms with Crippen LogP contribution >= 0.6 is 0 Å². The lowest BCUT2D eigenvalue weighted by Gasteiger charge is -2.10. The topological polar surface area (TPSA) is 109 Å². The Kier molecular flexibility index (Phi) is 5.90. The number of carbonyl (C=O) groups excluding carboxylic acids is 1. The molecule has 0 aliphatic rings. The van der Waals surface area contributed by atoms with Crippen molar-refractivity contribution in [3.05, 3.63) is 84.2 Å². The first-order chi connectivity index (χ1) is 14.0. The molecule has 0 atom stereocenters. The smallest absolute Gasteiger partial charge is 0.261 e. The fourth-order valence-electron chi connectivity index (χ4n) is 2.55. The van der Waals surface area contributed by atoms with Gasteiger partial charge >= 0.3 is 0 Å². The zero-order valence-electron chi connectivity index (χ0n) is 15.7. The van der Waals surface area contributed by atoms with E-state index in [0.29, 0.717) is 5.69 Å². The van der Waals surface area contributed by atoms with Crippen LogP contribution in [0.2, 0.25) is 0 Å². The molecule has 3 aromatic rings. The average Bonchev–Trinajstić information content (AvgIpc) is 2.67. The van der Waals surface area contributed by atoms with Crippen LogP contribution in [-0.2, 0) is 19.9 Å². The van der Waals surface area contributed by atoms with Crippen LogP contribution in [0.3, 0.4) is 0 Å². The molecule has 0 saturated carbocycles. The van der Waals surface area contributed by atoms with Gasteiger partial charge in [-0.1, -0.05) is 12.1 Å². The van der Waals surface area contributed by atoms with Gasteiger partial charge in [-0.25, -0.2) is 21.2 Å². The highest BCUT2D eigenvalue weighted by Crippen LogP contribution is 2.20. The molecule has 0 aromatic heterocycles. The van der Waals surface area contributed by atoms with Gasteiger partial charge < -0.3 is 5.32 Å². The lowest BCUT2D eigenvalue weighted by atomic mass is 10.2. The molecular formula is C20H17FN2O5S2. The van der Waals surface area contributed by atoms with Gasteiger partial charge in [-0.3, -0.25) is 9.52 Å². The summed E-state index contributed by atoms with van der Waals surface area (Å²) in [6.07, 6.45) is 1.04. The van der Waals surface area contributed by atoms with Gasteiger partial charge in [0.25, 0.3) is 15.9 Å². The molecule has 0 bridgehead atoms. The number of sulfone groups is 1. The summed E-state index contributed by atoms with van der Waals surface area (Å²) < 4.78 is 63.6. The van der Waals surface area contributed by atoms with E-state index < -0.39 is 31.6 Å². The highest BCUT2D eigenvalue weighted by molar-refractivity contribution is 7.92. The van der Waals surface area contributed by atoms with Crippen LogP contribution in [0.25, 0.3) is 0 Å². The Balaban J connectivity index is 1.75. The molecule has 7 nitrogen and oxygen atoms in total. The molecule has 1 amide bonds. The minimum Gasteiger partial charge on any atom is -0.322 e. The van der Waals surface area contributed by atoms with Crippen molar-refractivity contribution in [1.29, 1.82) is 0 Å². The molecule has 3 rings (SSSR count). The van der Waals surface area contributed by atoms with Gasteiger partial charge in [0.2, 0.25) is 0 Å². The molecule has 156 valence electrons. The molecule has 0 aliphatic carbocycles. The SMILES string of the molecule is CS(=O)(=O)c1cccc(C(=O)Nc2ccc(S(=O)(=O)Nc3cccc(F)c3)cc2)c1. The zero-order valence-corrected chi connectivity index (χ0v) is 17.3. The molecule has 0 unspecified atom stereocenters. The van der Waals surface area contributed by atoms with Crippen molar-refractivity contribution in [1.82, 2.24) is 0 Å². The summed E-state index contributed by atoms with van der Waals surface area (Å²) in [6.45, 7) is 0. The van der Waals surface area contributed by atoms with Crippen molar-refractivity contribution in [2.24, 2.45) is 0 Å². The van der Waals surface area contributed by atoms with Crippen molar-refractivity contribution in [3.63, 3.8) is 0 Å². The molecule has 3 aromatic carbocycles. The maximum atomic E-state index is 13.2. The number of carbonyl (C=O) groups is 1. The molecule has 0 aliphatic heterocycles. The second-order valence-electron chi connectivity index (χ2n) is 6.39. The Labute approximate surface area is 173 Å². The molecule has 0 heterocycles. The van der Waals surface area contributed by atoms with Crippen LogP contribution < -0.4 is 10.0 Å². The summed E-state index contributed by atoms with van der Waals surface area (Å²) in [4.78, 5) is 12.3. The van der Waals surface area contributed by atoms with E-state index >= 15 is 0 Å². The lowest BCUT2D eigenvalue weighted by molar-refractivity contribution is 0.102. The molecule has 0 fully saturated rings. The number of rotatable bonds is 6. The van der Waals surface area contributed by atoms with Crippen LogP contribution in [-0.4, -0.2) is 29.0 Å². The molecule has 0 spiro atoms. The van der Waals surface area contributed by atoms with E-state index in [2.05, 4.69) is 10.0 Å². The van der Waals surface area contributed by atoms with E-state index in [0.717, 1.165) is 12.3 Å². The van der Waals surface area contributed by atoms with Gasteiger partial charge in [-0.05, 0) is 60.7 Å². The van der Waals surface area contributed by atoms with E-state index in [9.17, 15) is 26.0 Å². The van der Waals surface area contributed by atoms with Gasteiger partial charge in [-0.15, -0.1) is 0 Å². The summed E-state index contributed by atoms with van der Waals surface area (Å²) in [5, 5.41) is 2.57. The van der Waals surface area contributed by atoms with E-state index in [4.69, 9.17) is 0 Å². The number of sulfonamides is 1. The minimum absolute atomic E-state index is 0.0139. The third-order valence-electron chi connectivity index (χ3n) is 4.02. The first-order valence-corrected chi connectivity index (χ1v) is 11.9. The highest BCUT2D eigenvalue weighted by atomic mass is 32.2. The predicted octanol–water partition coefficient (Wildman–Crippen LogP) is 3.28. The molecule has 30 heavy (non-hydrogen) atoms. The lowest BCUT2D eigenvalue weighted by Crippen LogP contribution is -2.14. The molecule has 10 heteroatoms. The van der Waals surface area contributed by atoms with Crippen LogP contribution in [0.15, 0.2) is 82.6 Å². The summed E-state index contributed by atoms with van der Waals surface area (Å²) in [7, 11) is -7.40. The maximum Gasteiger partial charge on any atom is 0.261 e. The summed E-state index contributed by atoms with van der Waals surface area (Å²) >= 11 is 0. The number of amides is 1. The molecule has 2 N–H and O–H groups in total. The molecule has 0 radical (unpaired) electrons. The second-order valence-corrected chi connectivity index (χ2v) is 10.1. The van der Waals surface area contributed by atoms with Gasteiger partial charge in [0, 0.05) is 17.5 Å². The maximum absolute atomic E-state index is 13.2. The number of nitrogens with one attached hydrogen (secondary N) is 2. The van der Waals surface area contributed by atoms with Crippen molar-refractivity contribution < 1.29 is 26.0 Å². The Morgan fingerprint density at radius 1 is 0.800 bits per heavy atom. The first kappa shape index (κ1) is 21.5. The van der Waals surface area contributed by atoms with Crippen LogP contribution in [0, 0.1) is 5.82 Å². The fraction of sp³-hybridized carbons (Fsp3) is 0.0500. The average molecular weight is 448 g/mol. The number of hydrogen-bond donors (Lipinski definition) is 2. The predicted molar refractivity (Wildman–Crippen MR) is 111 cm³/mol. The van der Waals surface area contributed by atoms with E-state index in [1.807, 2.05) is 0 Å². The Morgan fingerprint density at radius 2 is 1.47 bits per heavy atom. The van der Waals surface area contributed by atoms with E-state index in [1.165, 1.54) is 66.7 Å². The third-order valence-corrected chi connectivity index (χ3v) is 6.53. The number of anilines is 2. The summed E-state index contributed by atoms with van der Waals surface area (Å²) in [6, 6.07) is 15.9. The normalized spacial score (nSPS) is 11.7. The van der Waals surface area contributed by atoms with Crippen LogP contribution in [0.4, 0.5) is 15.8 Å². The number of halogens is 1. The third kappa shape index (κ3) is 5.22. The number of benzene rings is 3. The zero-order chi connectivity index (χ0) is 21.9. The Bertz CT molecular complexity index is 1310. The van der Waals surface area contributed by atoms with Crippen molar-refractivity contribution in [2.45, 2.75) is 9.79 Å². The Morgan fingerprint density at radius 3 is 2.10 bits per heavy atom. The minimum atomic E-state index is -3.95. The van der Waals surface area contributed by atoms with E-state index in [1.54, 1.807) is 0 Å². The van der Waals surface area contributed by atoms with Crippen LogP contribution in [0.5, 0.6) is 0 Å². The van der Waals surface area contributed by atoms with E-state index in [-0.39, 0.29) is 21.0 Å². The van der Waals surface area contributed by atoms with Crippen molar-refractivity contribution in [3.8, 4) is 0 Å². The monoisotopic (exact) mass is 448 g/mol. The number of hydrogen-bond acceptors (Lipinski definition) is 5. The highest BCUT2D eigenvalue weighted by Gasteiger charge is 2.16. The second kappa shape index (κ2) is 8.25. The largest absolute Gasteiger partial charge is 0.322 e. The standard InChI is InChI=1S/C20H17FN2O5S2/c1-29(25,26)19-7-2-4-14(12-19)20(24)22-16-8-10-18(11-9-16)30(27,28)23-17-6-3-5-15(21)13-17/h2-13,23H,1H3,(H,22,24). The van der Waals surface area contributed by atoms with Crippen LogP contribution in [0.1, 0.15) is 10.4 Å². The first-order valence-electron chi connectivity index (χ1n) is 8.54. The summed E-state index contributed by atoms with van der Waals surface area (Å²) in [5.74, 6) is -1.12. The molecule has 0 saturated heterocycles. The Hall–Kier alpha value is -3.24. The fourth-order valence-corrected chi connectivity index (χ4v) is 4.27. The summed E-state index contributed by atoms with van der Waals surface area (Å²) in [5.41, 5.74) is 0.537.